The van der Waals surface area contributed by atoms with Crippen LogP contribution in [-0.4, -0.2) is 61.8 Å². The van der Waals surface area contributed by atoms with E-state index >= 15 is 0 Å². The highest BCUT2D eigenvalue weighted by molar-refractivity contribution is 7.89. The summed E-state index contributed by atoms with van der Waals surface area (Å²) in [5, 5.41) is 3.39. The number of nitrogens with zero attached hydrogens (tertiary/aromatic N) is 2. The fraction of sp³-hybridized carbons (Fsp3) is 0.611. The van der Waals surface area contributed by atoms with Gasteiger partial charge in [0.05, 0.1) is 4.90 Å². The van der Waals surface area contributed by atoms with E-state index in [4.69, 9.17) is 0 Å². The minimum Gasteiger partial charge on any atom is -0.331 e. The maximum Gasteiger partial charge on any atom is 0.254 e. The molecule has 7 heteroatoms. The molecule has 0 spiro atoms. The van der Waals surface area contributed by atoms with Gasteiger partial charge in [0.2, 0.25) is 10.0 Å². The monoisotopic (exact) mass is 365 g/mol. The molecule has 2 aliphatic rings. The summed E-state index contributed by atoms with van der Waals surface area (Å²) in [6.07, 6.45) is 3.08. The fourth-order valence-electron chi connectivity index (χ4n) is 3.68. The van der Waals surface area contributed by atoms with Gasteiger partial charge < -0.3 is 10.2 Å². The Kier molecular flexibility index (Phi) is 5.18. The summed E-state index contributed by atoms with van der Waals surface area (Å²) in [6, 6.07) is 6.78. The highest BCUT2D eigenvalue weighted by atomic mass is 32.2. The normalized spacial score (nSPS) is 24.0. The summed E-state index contributed by atoms with van der Waals surface area (Å²) in [7, 11) is -1.95. The first-order valence-electron chi connectivity index (χ1n) is 8.94. The van der Waals surface area contributed by atoms with Gasteiger partial charge in [-0.15, -0.1) is 0 Å². The number of fused-ring (bicyclic) bond motifs is 2. The SMILES string of the molecule is CC(C)N(C)S(=O)(=O)c1ccc(C(=O)N2C3CCNCC2CC3)cc1. The number of sulfonamides is 1. The van der Waals surface area contributed by atoms with Crippen LogP contribution in [0.25, 0.3) is 0 Å². The molecule has 0 aliphatic carbocycles. The molecule has 3 rings (SSSR count). The number of carbonyl (C=O) groups is 1. The summed E-state index contributed by atoms with van der Waals surface area (Å²) in [5.41, 5.74) is 0.560. The Hall–Kier alpha value is -1.44. The number of rotatable bonds is 4. The summed E-state index contributed by atoms with van der Waals surface area (Å²) < 4.78 is 26.4. The van der Waals surface area contributed by atoms with Crippen molar-refractivity contribution in [1.29, 1.82) is 0 Å². The predicted molar refractivity (Wildman–Crippen MR) is 97.0 cm³/mol. The molecule has 6 nitrogen and oxygen atoms in total. The molecule has 25 heavy (non-hydrogen) atoms. The molecule has 1 N–H and O–H groups in total. The average molecular weight is 365 g/mol. The van der Waals surface area contributed by atoms with Crippen LogP contribution in [0, 0.1) is 0 Å². The summed E-state index contributed by atoms with van der Waals surface area (Å²) in [4.78, 5) is 15.2. The van der Waals surface area contributed by atoms with Gasteiger partial charge in [-0.25, -0.2) is 8.42 Å². The van der Waals surface area contributed by atoms with Crippen LogP contribution >= 0.6 is 0 Å². The molecule has 2 atom stereocenters. The van der Waals surface area contributed by atoms with Crippen LogP contribution in [0.15, 0.2) is 29.2 Å². The van der Waals surface area contributed by atoms with E-state index in [2.05, 4.69) is 5.32 Å². The number of carbonyl (C=O) groups excluding carboxylic acids is 1. The third-order valence-electron chi connectivity index (χ3n) is 5.39. The molecule has 138 valence electrons. The van der Waals surface area contributed by atoms with Crippen LogP contribution in [0.5, 0.6) is 0 Å². The van der Waals surface area contributed by atoms with Crippen LogP contribution in [0.1, 0.15) is 43.5 Å². The molecule has 2 bridgehead atoms. The van der Waals surface area contributed by atoms with Gasteiger partial charge in [-0.05, 0) is 63.9 Å². The number of amides is 1. The quantitative estimate of drug-likeness (QED) is 0.881. The lowest BCUT2D eigenvalue weighted by atomic mass is 10.1. The van der Waals surface area contributed by atoms with Crippen LogP contribution in [-0.2, 0) is 10.0 Å². The lowest BCUT2D eigenvalue weighted by molar-refractivity contribution is 0.0680. The summed E-state index contributed by atoms with van der Waals surface area (Å²) in [6.45, 7) is 5.45. The van der Waals surface area contributed by atoms with Crippen molar-refractivity contribution in [2.75, 3.05) is 20.1 Å². The van der Waals surface area contributed by atoms with Crippen LogP contribution < -0.4 is 5.32 Å². The molecular weight excluding hydrogens is 338 g/mol. The van der Waals surface area contributed by atoms with Crippen molar-refractivity contribution >= 4 is 15.9 Å². The molecule has 2 heterocycles. The van der Waals surface area contributed by atoms with Crippen molar-refractivity contribution in [3.63, 3.8) is 0 Å². The van der Waals surface area contributed by atoms with E-state index in [0.29, 0.717) is 11.6 Å². The molecule has 1 amide bonds. The maximum atomic E-state index is 13.0. The Morgan fingerprint density at radius 3 is 2.44 bits per heavy atom. The molecule has 1 aromatic carbocycles. The minimum absolute atomic E-state index is 0.0114. The number of nitrogens with one attached hydrogen (secondary N) is 1. The van der Waals surface area contributed by atoms with Crippen molar-refractivity contribution in [3.8, 4) is 0 Å². The third kappa shape index (κ3) is 3.45. The lowest BCUT2D eigenvalue weighted by Gasteiger charge is -2.28. The highest BCUT2D eigenvalue weighted by Crippen LogP contribution is 2.30. The average Bonchev–Trinajstić information content (AvgIpc) is 2.86. The third-order valence-corrected chi connectivity index (χ3v) is 7.44. The van der Waals surface area contributed by atoms with E-state index in [-0.39, 0.29) is 22.9 Å². The summed E-state index contributed by atoms with van der Waals surface area (Å²) in [5.74, 6) is 0.0114. The first-order valence-corrected chi connectivity index (χ1v) is 10.4. The van der Waals surface area contributed by atoms with Gasteiger partial charge in [0.1, 0.15) is 0 Å². The zero-order chi connectivity index (χ0) is 18.2. The zero-order valence-electron chi connectivity index (χ0n) is 15.1. The minimum atomic E-state index is -3.52. The van der Waals surface area contributed by atoms with Gasteiger partial charge in [0.25, 0.3) is 5.91 Å². The summed E-state index contributed by atoms with van der Waals surface area (Å²) >= 11 is 0. The Morgan fingerprint density at radius 2 is 1.80 bits per heavy atom. The number of hydrogen-bond acceptors (Lipinski definition) is 4. The van der Waals surface area contributed by atoms with Crippen molar-refractivity contribution in [2.45, 2.75) is 56.1 Å². The van der Waals surface area contributed by atoms with Crippen molar-refractivity contribution < 1.29 is 13.2 Å². The van der Waals surface area contributed by atoms with Crippen LogP contribution in [0.2, 0.25) is 0 Å². The first kappa shape index (κ1) is 18.4. The first-order chi connectivity index (χ1) is 11.8. The zero-order valence-corrected chi connectivity index (χ0v) is 15.9. The number of benzene rings is 1. The van der Waals surface area contributed by atoms with Gasteiger partial charge in [-0.3, -0.25) is 4.79 Å². The Labute approximate surface area is 150 Å². The molecule has 0 saturated carbocycles. The Morgan fingerprint density at radius 1 is 1.16 bits per heavy atom. The molecule has 0 aromatic heterocycles. The van der Waals surface area contributed by atoms with E-state index in [9.17, 15) is 13.2 Å². The largest absolute Gasteiger partial charge is 0.331 e. The van der Waals surface area contributed by atoms with Crippen LogP contribution in [0.4, 0.5) is 0 Å². The van der Waals surface area contributed by atoms with Gasteiger partial charge in [-0.2, -0.15) is 4.31 Å². The maximum absolute atomic E-state index is 13.0. The van der Waals surface area contributed by atoms with Gasteiger partial charge in [0.15, 0.2) is 0 Å². The van der Waals surface area contributed by atoms with E-state index in [0.717, 1.165) is 32.4 Å². The Bertz CT molecular complexity index is 716. The molecular formula is C18H27N3O3S. The van der Waals surface area contributed by atoms with Crippen LogP contribution in [0.3, 0.4) is 0 Å². The van der Waals surface area contributed by atoms with E-state index in [1.807, 2.05) is 18.7 Å². The fourth-order valence-corrected chi connectivity index (χ4v) is 5.04. The standard InChI is InChI=1S/C18H27N3O3S/c1-13(2)20(3)25(23,24)17-8-4-14(5-9-17)18(22)21-15-6-7-16(21)12-19-11-10-15/h4-5,8-9,13,15-16,19H,6-7,10-12H2,1-3H3. The second-order valence-electron chi connectivity index (χ2n) is 7.23. The molecule has 2 fully saturated rings. The predicted octanol–water partition coefficient (Wildman–Crippen LogP) is 1.68. The van der Waals surface area contributed by atoms with E-state index in [1.165, 1.54) is 4.31 Å². The van der Waals surface area contributed by atoms with Gasteiger partial charge in [0, 0.05) is 37.3 Å². The Balaban J connectivity index is 1.82. The second kappa shape index (κ2) is 7.05. The van der Waals surface area contributed by atoms with E-state index < -0.39 is 10.0 Å². The molecule has 0 radical (unpaired) electrons. The smallest absolute Gasteiger partial charge is 0.254 e. The van der Waals surface area contributed by atoms with Gasteiger partial charge >= 0.3 is 0 Å². The highest BCUT2D eigenvalue weighted by Gasteiger charge is 2.38. The second-order valence-corrected chi connectivity index (χ2v) is 9.23. The van der Waals surface area contributed by atoms with Crippen molar-refractivity contribution in [1.82, 2.24) is 14.5 Å². The lowest BCUT2D eigenvalue weighted by Crippen LogP contribution is -2.42. The molecule has 1 aromatic rings. The molecule has 2 saturated heterocycles. The van der Waals surface area contributed by atoms with E-state index in [1.54, 1.807) is 31.3 Å². The van der Waals surface area contributed by atoms with Crippen molar-refractivity contribution in [3.05, 3.63) is 29.8 Å². The topological polar surface area (TPSA) is 69.7 Å². The molecule has 2 aliphatic heterocycles. The van der Waals surface area contributed by atoms with Gasteiger partial charge in [-0.1, -0.05) is 0 Å². The van der Waals surface area contributed by atoms with Crippen molar-refractivity contribution in [2.24, 2.45) is 0 Å². The molecule has 2 unspecified atom stereocenters. The number of hydrogen-bond donors (Lipinski definition) is 1.